The average Bonchev–Trinajstić information content (AvgIpc) is 3.07. The van der Waals surface area contributed by atoms with E-state index in [1.54, 1.807) is 36.4 Å². The van der Waals surface area contributed by atoms with E-state index < -0.39 is 0 Å². The minimum atomic E-state index is -0.0249. The van der Waals surface area contributed by atoms with E-state index in [9.17, 15) is 10.2 Å². The van der Waals surface area contributed by atoms with E-state index in [0.717, 1.165) is 17.3 Å². The number of phenolic OH excluding ortho intramolecular Hbond substituents is 2. The summed E-state index contributed by atoms with van der Waals surface area (Å²) in [4.78, 5) is 0. The Bertz CT molecular complexity index is 604. The van der Waals surface area contributed by atoms with E-state index in [4.69, 9.17) is 11.1 Å². The van der Waals surface area contributed by atoms with Crippen LogP contribution in [0.3, 0.4) is 0 Å². The summed E-state index contributed by atoms with van der Waals surface area (Å²) in [6.45, 7) is 2.50. The van der Waals surface area contributed by atoms with Crippen LogP contribution in [0, 0.1) is 5.41 Å². The number of anilines is 1. The zero-order chi connectivity index (χ0) is 15.9. The second-order valence-corrected chi connectivity index (χ2v) is 5.15. The van der Waals surface area contributed by atoms with Crippen molar-refractivity contribution in [2.24, 2.45) is 0 Å². The summed E-state index contributed by atoms with van der Waals surface area (Å²) in [6, 6.07) is 9.82. The monoisotopic (exact) mass is 299 g/mol. The van der Waals surface area contributed by atoms with Crippen LogP contribution in [0.1, 0.15) is 18.4 Å². The molecule has 22 heavy (non-hydrogen) atoms. The van der Waals surface area contributed by atoms with Crippen LogP contribution in [0.15, 0.2) is 36.4 Å². The Morgan fingerprint density at radius 1 is 1.00 bits per heavy atom. The fourth-order valence-corrected chi connectivity index (χ4v) is 2.26. The number of nitrogens with one attached hydrogen (secondary N) is 2. The van der Waals surface area contributed by atoms with E-state index >= 15 is 0 Å². The standard InChI is InChI=1S/C13H12N2O2.C4H9N/c14-7-11-12(15)5-9(6-13(11)17)8-1-3-10(16)4-2-8;1-2-4-5-3-1/h1-7,14,16-17H,15H2;5H,1-4H2. The van der Waals surface area contributed by atoms with E-state index in [1.807, 2.05) is 0 Å². The van der Waals surface area contributed by atoms with Gasteiger partial charge in [-0.05, 0) is 61.3 Å². The fraction of sp³-hybridized carbons (Fsp3) is 0.235. The lowest BCUT2D eigenvalue weighted by molar-refractivity contribution is 0.475. The van der Waals surface area contributed by atoms with E-state index in [1.165, 1.54) is 25.9 Å². The number of rotatable bonds is 2. The molecule has 0 bridgehead atoms. The molecule has 5 nitrogen and oxygen atoms in total. The number of hydrogen-bond donors (Lipinski definition) is 5. The summed E-state index contributed by atoms with van der Waals surface area (Å²) in [7, 11) is 0. The molecule has 5 heteroatoms. The number of phenols is 2. The molecule has 116 valence electrons. The normalized spacial score (nSPS) is 13.3. The maximum Gasteiger partial charge on any atom is 0.127 e. The van der Waals surface area contributed by atoms with E-state index in [2.05, 4.69) is 5.32 Å². The zero-order valence-corrected chi connectivity index (χ0v) is 12.3. The van der Waals surface area contributed by atoms with Crippen molar-refractivity contribution in [3.05, 3.63) is 42.0 Å². The Morgan fingerprint density at radius 3 is 2.09 bits per heavy atom. The quantitative estimate of drug-likeness (QED) is 0.434. The van der Waals surface area contributed by atoms with Crippen LogP contribution < -0.4 is 11.1 Å². The van der Waals surface area contributed by atoms with Crippen molar-refractivity contribution in [2.45, 2.75) is 12.8 Å². The lowest BCUT2D eigenvalue weighted by atomic mass is 10.0. The zero-order valence-electron chi connectivity index (χ0n) is 12.3. The van der Waals surface area contributed by atoms with Crippen molar-refractivity contribution in [3.8, 4) is 22.6 Å². The molecule has 3 rings (SSSR count). The van der Waals surface area contributed by atoms with Crippen LogP contribution in [-0.2, 0) is 0 Å². The first kappa shape index (κ1) is 15.9. The predicted octanol–water partition coefficient (Wildman–Crippen LogP) is 2.71. The highest BCUT2D eigenvalue weighted by atomic mass is 16.3. The minimum Gasteiger partial charge on any atom is -0.508 e. The van der Waals surface area contributed by atoms with Crippen molar-refractivity contribution in [1.29, 1.82) is 5.41 Å². The maximum absolute atomic E-state index is 9.71. The van der Waals surface area contributed by atoms with Gasteiger partial charge in [0, 0.05) is 11.9 Å². The molecule has 0 unspecified atom stereocenters. The van der Waals surface area contributed by atoms with Crippen molar-refractivity contribution in [3.63, 3.8) is 0 Å². The SMILES string of the molecule is C1CCNC1.N=Cc1c(N)cc(-c2ccc(O)cc2)cc1O. The van der Waals surface area contributed by atoms with Crippen molar-refractivity contribution in [1.82, 2.24) is 5.32 Å². The molecule has 2 aromatic rings. The Kier molecular flexibility index (Phi) is 5.38. The molecule has 0 saturated carbocycles. The lowest BCUT2D eigenvalue weighted by Crippen LogP contribution is -2.03. The van der Waals surface area contributed by atoms with E-state index in [-0.39, 0.29) is 11.5 Å². The molecule has 1 aliphatic rings. The van der Waals surface area contributed by atoms with Gasteiger partial charge in [-0.2, -0.15) is 0 Å². The topological polar surface area (TPSA) is 102 Å². The summed E-state index contributed by atoms with van der Waals surface area (Å²) in [5.74, 6) is 0.158. The minimum absolute atomic E-state index is 0.0249. The van der Waals surface area contributed by atoms with Gasteiger partial charge in [0.1, 0.15) is 11.5 Å². The second kappa shape index (κ2) is 7.47. The molecule has 1 fully saturated rings. The highest BCUT2D eigenvalue weighted by molar-refractivity contribution is 5.91. The molecular formula is C17H21N3O2. The molecule has 6 N–H and O–H groups in total. The van der Waals surface area contributed by atoms with Gasteiger partial charge in [-0.1, -0.05) is 12.1 Å². The second-order valence-electron chi connectivity index (χ2n) is 5.15. The fourth-order valence-electron chi connectivity index (χ4n) is 2.26. The molecule has 0 aromatic heterocycles. The van der Waals surface area contributed by atoms with Crippen molar-refractivity contribution in [2.75, 3.05) is 18.8 Å². The van der Waals surface area contributed by atoms with E-state index in [0.29, 0.717) is 11.3 Å². The molecule has 0 amide bonds. The largest absolute Gasteiger partial charge is 0.508 e. The Hall–Kier alpha value is -2.53. The third-order valence-electron chi connectivity index (χ3n) is 3.49. The first-order valence-corrected chi connectivity index (χ1v) is 7.25. The summed E-state index contributed by atoms with van der Waals surface area (Å²) in [5.41, 5.74) is 7.98. The van der Waals surface area contributed by atoms with Crippen LogP contribution in [0.2, 0.25) is 0 Å². The summed E-state index contributed by atoms with van der Waals surface area (Å²) < 4.78 is 0. The number of nitrogen functional groups attached to an aromatic ring is 1. The van der Waals surface area contributed by atoms with Crippen LogP contribution in [0.4, 0.5) is 5.69 Å². The van der Waals surface area contributed by atoms with Gasteiger partial charge < -0.3 is 26.7 Å². The maximum atomic E-state index is 9.71. The third-order valence-corrected chi connectivity index (χ3v) is 3.49. The number of aromatic hydroxyl groups is 2. The van der Waals surface area contributed by atoms with Gasteiger partial charge in [0.15, 0.2) is 0 Å². The molecule has 0 aliphatic carbocycles. The van der Waals surface area contributed by atoms with Crippen LogP contribution >= 0.6 is 0 Å². The summed E-state index contributed by atoms with van der Waals surface area (Å²) in [6.07, 6.45) is 3.80. The smallest absolute Gasteiger partial charge is 0.127 e. The summed E-state index contributed by atoms with van der Waals surface area (Å²) >= 11 is 0. The highest BCUT2D eigenvalue weighted by Gasteiger charge is 2.07. The van der Waals surface area contributed by atoms with Gasteiger partial charge in [-0.25, -0.2) is 0 Å². The Morgan fingerprint density at radius 2 is 1.64 bits per heavy atom. The third kappa shape index (κ3) is 3.99. The Labute approximate surface area is 129 Å². The van der Waals surface area contributed by atoms with Gasteiger partial charge >= 0.3 is 0 Å². The average molecular weight is 299 g/mol. The molecule has 0 spiro atoms. The van der Waals surface area contributed by atoms with Crippen LogP contribution in [0.5, 0.6) is 11.5 Å². The highest BCUT2D eigenvalue weighted by Crippen LogP contribution is 2.30. The number of benzene rings is 2. The van der Waals surface area contributed by atoms with Crippen LogP contribution in [-0.4, -0.2) is 29.5 Å². The van der Waals surface area contributed by atoms with Crippen molar-refractivity contribution >= 4 is 11.9 Å². The molecule has 0 radical (unpaired) electrons. The van der Waals surface area contributed by atoms with Gasteiger partial charge in [-0.3, -0.25) is 0 Å². The van der Waals surface area contributed by atoms with Crippen LogP contribution in [0.25, 0.3) is 11.1 Å². The summed E-state index contributed by atoms with van der Waals surface area (Å²) in [5, 5.41) is 29.3. The van der Waals surface area contributed by atoms with Gasteiger partial charge in [-0.15, -0.1) is 0 Å². The number of hydrogen-bond acceptors (Lipinski definition) is 5. The van der Waals surface area contributed by atoms with Gasteiger partial charge in [0.2, 0.25) is 0 Å². The molecule has 1 saturated heterocycles. The predicted molar refractivity (Wildman–Crippen MR) is 89.6 cm³/mol. The molecule has 1 heterocycles. The lowest BCUT2D eigenvalue weighted by Gasteiger charge is -2.08. The molecule has 1 aliphatic heterocycles. The first-order valence-electron chi connectivity index (χ1n) is 7.25. The molecule has 0 atom stereocenters. The van der Waals surface area contributed by atoms with Gasteiger partial charge in [0.05, 0.1) is 5.56 Å². The van der Waals surface area contributed by atoms with Crippen molar-refractivity contribution < 1.29 is 10.2 Å². The van der Waals surface area contributed by atoms with Gasteiger partial charge in [0.25, 0.3) is 0 Å². The molecular weight excluding hydrogens is 278 g/mol. The number of nitrogens with two attached hydrogens (primary N) is 1. The Balaban J connectivity index is 0.000000299. The molecule has 2 aromatic carbocycles. The first-order chi connectivity index (χ1) is 10.6.